The fraction of sp³-hybridized carbons (Fsp3) is 0.200. The van der Waals surface area contributed by atoms with Crippen LogP contribution in [0.3, 0.4) is 0 Å². The Balaban J connectivity index is 2.41. The van der Waals surface area contributed by atoms with Crippen LogP contribution in [0.15, 0.2) is 24.5 Å². The van der Waals surface area contributed by atoms with E-state index in [-0.39, 0.29) is 6.04 Å². The summed E-state index contributed by atoms with van der Waals surface area (Å²) in [5.74, 6) is 0.361. The van der Waals surface area contributed by atoms with Crippen molar-refractivity contribution in [3.63, 3.8) is 0 Å². The van der Waals surface area contributed by atoms with E-state index in [4.69, 9.17) is 22.6 Å². The average Bonchev–Trinajstić information content (AvgIpc) is 2.89. The van der Waals surface area contributed by atoms with Crippen molar-refractivity contribution in [2.45, 2.75) is 6.04 Å². The molecule has 2 heterocycles. The van der Waals surface area contributed by atoms with Crippen molar-refractivity contribution in [1.29, 1.82) is 5.26 Å². The van der Waals surface area contributed by atoms with Crippen molar-refractivity contribution in [1.82, 2.24) is 9.55 Å². The molecule has 0 saturated carbocycles. The minimum Gasteiger partial charge on any atom is -0.328 e. The number of hydrogen-bond acceptors (Lipinski definition) is 4. The van der Waals surface area contributed by atoms with Crippen LogP contribution >= 0.6 is 22.9 Å². The van der Waals surface area contributed by atoms with E-state index in [0.717, 1.165) is 4.88 Å². The fourth-order valence-electron chi connectivity index (χ4n) is 1.53. The second-order valence-electron chi connectivity index (χ2n) is 3.16. The van der Waals surface area contributed by atoms with Crippen LogP contribution < -0.4 is 5.73 Å². The standard InChI is InChI=1S/C10H9ClN4S/c11-9-2-1-8(16-9)7(5-12)15-4-3-14-10(15)6-13/h1-4,7H,5,12H2. The minimum absolute atomic E-state index is 0.0744. The molecule has 2 aromatic rings. The molecule has 82 valence electrons. The maximum absolute atomic E-state index is 8.91. The Labute approximate surface area is 102 Å². The van der Waals surface area contributed by atoms with Gasteiger partial charge in [0.1, 0.15) is 6.07 Å². The highest BCUT2D eigenvalue weighted by atomic mass is 35.5. The Morgan fingerprint density at radius 1 is 1.62 bits per heavy atom. The quantitative estimate of drug-likeness (QED) is 0.909. The number of imidazole rings is 1. The predicted octanol–water partition coefficient (Wildman–Crippen LogP) is 2.02. The highest BCUT2D eigenvalue weighted by molar-refractivity contribution is 7.16. The Hall–Kier alpha value is -1.35. The first-order valence-electron chi connectivity index (χ1n) is 4.64. The lowest BCUT2D eigenvalue weighted by molar-refractivity contribution is 0.597. The molecule has 0 spiro atoms. The van der Waals surface area contributed by atoms with Crippen molar-refractivity contribution >= 4 is 22.9 Å². The molecular weight excluding hydrogens is 244 g/mol. The molecule has 1 atom stereocenters. The number of thiophene rings is 1. The third kappa shape index (κ3) is 1.95. The van der Waals surface area contributed by atoms with Gasteiger partial charge >= 0.3 is 0 Å². The molecule has 0 bridgehead atoms. The van der Waals surface area contributed by atoms with Gasteiger partial charge in [-0.2, -0.15) is 5.26 Å². The molecule has 0 fully saturated rings. The average molecular weight is 253 g/mol. The molecule has 0 aliphatic rings. The smallest absolute Gasteiger partial charge is 0.213 e. The summed E-state index contributed by atoms with van der Waals surface area (Å²) >= 11 is 7.35. The van der Waals surface area contributed by atoms with E-state index in [1.807, 2.05) is 18.2 Å². The maximum Gasteiger partial charge on any atom is 0.213 e. The number of nitrogens with two attached hydrogens (primary N) is 1. The van der Waals surface area contributed by atoms with Gasteiger partial charge < -0.3 is 10.3 Å². The zero-order valence-corrected chi connectivity index (χ0v) is 9.87. The Morgan fingerprint density at radius 2 is 2.44 bits per heavy atom. The molecule has 0 aromatic carbocycles. The van der Waals surface area contributed by atoms with Gasteiger partial charge in [0.2, 0.25) is 5.82 Å². The Bertz CT molecular complexity index is 525. The van der Waals surface area contributed by atoms with Gasteiger partial charge in [-0.05, 0) is 12.1 Å². The lowest BCUT2D eigenvalue weighted by Gasteiger charge is -2.15. The Kier molecular flexibility index (Phi) is 3.25. The number of rotatable bonds is 3. The second kappa shape index (κ2) is 4.66. The molecule has 6 heteroatoms. The van der Waals surface area contributed by atoms with Crippen LogP contribution in [0, 0.1) is 11.3 Å². The van der Waals surface area contributed by atoms with Gasteiger partial charge in [0, 0.05) is 23.8 Å². The predicted molar refractivity (Wildman–Crippen MR) is 63.5 cm³/mol. The summed E-state index contributed by atoms with van der Waals surface area (Å²) in [5, 5.41) is 8.91. The van der Waals surface area contributed by atoms with Crippen LogP contribution in [0.25, 0.3) is 0 Å². The molecule has 2 aromatic heterocycles. The molecule has 0 radical (unpaired) electrons. The van der Waals surface area contributed by atoms with Crippen LogP contribution in [0.2, 0.25) is 4.34 Å². The summed E-state index contributed by atoms with van der Waals surface area (Å²) in [5.41, 5.74) is 5.73. The zero-order valence-electron chi connectivity index (χ0n) is 8.30. The molecule has 0 amide bonds. The molecule has 4 nitrogen and oxygen atoms in total. The molecule has 2 rings (SSSR count). The van der Waals surface area contributed by atoms with Gasteiger partial charge in [-0.15, -0.1) is 11.3 Å². The molecule has 0 aliphatic heterocycles. The summed E-state index contributed by atoms with van der Waals surface area (Å²) < 4.78 is 2.48. The first kappa shape index (κ1) is 11.1. The van der Waals surface area contributed by atoms with Gasteiger partial charge in [0.25, 0.3) is 0 Å². The SMILES string of the molecule is N#Cc1nccn1C(CN)c1ccc(Cl)s1. The van der Waals surface area contributed by atoms with Crippen LogP contribution in [-0.2, 0) is 0 Å². The summed E-state index contributed by atoms with van der Waals surface area (Å²) in [6.45, 7) is 0.405. The van der Waals surface area contributed by atoms with Crippen LogP contribution in [0.5, 0.6) is 0 Å². The topological polar surface area (TPSA) is 67.6 Å². The van der Waals surface area contributed by atoms with E-state index in [1.165, 1.54) is 11.3 Å². The fourth-order valence-corrected chi connectivity index (χ4v) is 2.70. The van der Waals surface area contributed by atoms with Crippen molar-refractivity contribution in [2.75, 3.05) is 6.54 Å². The molecule has 16 heavy (non-hydrogen) atoms. The number of nitriles is 1. The van der Waals surface area contributed by atoms with Gasteiger partial charge in [-0.25, -0.2) is 4.98 Å². The van der Waals surface area contributed by atoms with Crippen molar-refractivity contribution in [2.24, 2.45) is 5.73 Å². The third-order valence-electron chi connectivity index (χ3n) is 2.25. The van der Waals surface area contributed by atoms with E-state index >= 15 is 0 Å². The van der Waals surface area contributed by atoms with Crippen LogP contribution in [-0.4, -0.2) is 16.1 Å². The van der Waals surface area contributed by atoms with Crippen molar-refractivity contribution in [3.8, 4) is 6.07 Å². The lowest BCUT2D eigenvalue weighted by Crippen LogP contribution is -2.20. The first-order valence-corrected chi connectivity index (χ1v) is 5.84. The van der Waals surface area contributed by atoms with E-state index in [9.17, 15) is 0 Å². The van der Waals surface area contributed by atoms with E-state index in [0.29, 0.717) is 16.7 Å². The van der Waals surface area contributed by atoms with Crippen molar-refractivity contribution in [3.05, 3.63) is 39.6 Å². The number of nitrogens with zero attached hydrogens (tertiary/aromatic N) is 3. The first-order chi connectivity index (χ1) is 7.76. The monoisotopic (exact) mass is 252 g/mol. The summed E-state index contributed by atoms with van der Waals surface area (Å²) in [7, 11) is 0. The van der Waals surface area contributed by atoms with Gasteiger partial charge in [-0.1, -0.05) is 11.6 Å². The zero-order chi connectivity index (χ0) is 11.5. The number of hydrogen-bond donors (Lipinski definition) is 1. The Morgan fingerprint density at radius 3 is 3.00 bits per heavy atom. The van der Waals surface area contributed by atoms with Crippen LogP contribution in [0.4, 0.5) is 0 Å². The largest absolute Gasteiger partial charge is 0.328 e. The maximum atomic E-state index is 8.91. The van der Waals surface area contributed by atoms with E-state index in [1.54, 1.807) is 17.0 Å². The summed E-state index contributed by atoms with van der Waals surface area (Å²) in [6.07, 6.45) is 3.35. The molecule has 2 N–H and O–H groups in total. The molecule has 0 saturated heterocycles. The van der Waals surface area contributed by atoms with Gasteiger partial charge in [0.05, 0.1) is 10.4 Å². The third-order valence-corrected chi connectivity index (χ3v) is 3.58. The van der Waals surface area contributed by atoms with Crippen LogP contribution in [0.1, 0.15) is 16.7 Å². The lowest BCUT2D eigenvalue weighted by atomic mass is 10.2. The number of halogens is 1. The summed E-state index contributed by atoms with van der Waals surface area (Å²) in [6, 6.07) is 5.71. The molecule has 0 aliphatic carbocycles. The van der Waals surface area contributed by atoms with Crippen molar-refractivity contribution < 1.29 is 0 Å². The highest BCUT2D eigenvalue weighted by Crippen LogP contribution is 2.29. The van der Waals surface area contributed by atoms with Gasteiger partial charge in [0.15, 0.2) is 0 Å². The van der Waals surface area contributed by atoms with E-state index in [2.05, 4.69) is 4.98 Å². The number of aromatic nitrogens is 2. The summed E-state index contributed by atoms with van der Waals surface area (Å²) in [4.78, 5) is 4.98. The second-order valence-corrected chi connectivity index (χ2v) is 4.91. The molecular formula is C10H9ClN4S. The minimum atomic E-state index is -0.0744. The highest BCUT2D eigenvalue weighted by Gasteiger charge is 2.16. The normalized spacial score (nSPS) is 12.3. The van der Waals surface area contributed by atoms with Gasteiger partial charge in [-0.3, -0.25) is 0 Å². The molecule has 1 unspecified atom stereocenters. The van der Waals surface area contributed by atoms with E-state index < -0.39 is 0 Å².